The molecule has 1 aromatic heterocycles. The number of aromatic nitrogens is 1. The first kappa shape index (κ1) is 13.6. The van der Waals surface area contributed by atoms with Crippen LogP contribution in [0.25, 0.3) is 11.1 Å². The van der Waals surface area contributed by atoms with E-state index < -0.39 is 11.7 Å². The standard InChI is InChI=1S/C13H13F3N2O/c14-13(15,16)10-5-3-9(4-6-10)11-8-18-19-12(11)2-1-7-17/h3-6,8H,1-2,7,17H2. The van der Waals surface area contributed by atoms with Crippen LogP contribution < -0.4 is 5.73 Å². The van der Waals surface area contributed by atoms with Crippen molar-refractivity contribution >= 4 is 0 Å². The number of nitrogens with zero attached hydrogens (tertiary/aromatic N) is 1. The Balaban J connectivity index is 2.25. The number of rotatable bonds is 4. The Morgan fingerprint density at radius 3 is 2.42 bits per heavy atom. The summed E-state index contributed by atoms with van der Waals surface area (Å²) in [7, 11) is 0. The molecule has 0 saturated heterocycles. The second-order valence-corrected chi connectivity index (χ2v) is 4.13. The number of hydrogen-bond donors (Lipinski definition) is 1. The molecule has 2 N–H and O–H groups in total. The van der Waals surface area contributed by atoms with Gasteiger partial charge in [0.05, 0.1) is 11.8 Å². The first-order chi connectivity index (χ1) is 9.02. The van der Waals surface area contributed by atoms with Crippen LogP contribution in [0, 0.1) is 0 Å². The Labute approximate surface area is 108 Å². The fraction of sp³-hybridized carbons (Fsp3) is 0.308. The zero-order chi connectivity index (χ0) is 13.9. The zero-order valence-corrected chi connectivity index (χ0v) is 10.1. The topological polar surface area (TPSA) is 52.0 Å². The van der Waals surface area contributed by atoms with E-state index in [4.69, 9.17) is 10.3 Å². The average molecular weight is 270 g/mol. The molecular formula is C13H13F3N2O. The van der Waals surface area contributed by atoms with Gasteiger partial charge >= 0.3 is 6.18 Å². The molecule has 0 saturated carbocycles. The average Bonchev–Trinajstić information content (AvgIpc) is 2.83. The maximum absolute atomic E-state index is 12.5. The molecule has 1 aromatic carbocycles. The van der Waals surface area contributed by atoms with E-state index >= 15 is 0 Å². The molecule has 0 amide bonds. The fourth-order valence-corrected chi connectivity index (χ4v) is 1.78. The summed E-state index contributed by atoms with van der Waals surface area (Å²) in [5.74, 6) is 0.644. The van der Waals surface area contributed by atoms with Crippen LogP contribution >= 0.6 is 0 Å². The molecule has 0 spiro atoms. The highest BCUT2D eigenvalue weighted by Gasteiger charge is 2.30. The SMILES string of the molecule is NCCCc1oncc1-c1ccc(C(F)(F)F)cc1. The molecule has 0 fully saturated rings. The lowest BCUT2D eigenvalue weighted by molar-refractivity contribution is -0.137. The van der Waals surface area contributed by atoms with Crippen LogP contribution in [0.4, 0.5) is 13.2 Å². The van der Waals surface area contributed by atoms with Crippen molar-refractivity contribution in [3.8, 4) is 11.1 Å². The molecule has 0 bridgehead atoms. The van der Waals surface area contributed by atoms with Crippen molar-refractivity contribution < 1.29 is 17.7 Å². The van der Waals surface area contributed by atoms with E-state index in [1.807, 2.05) is 0 Å². The van der Waals surface area contributed by atoms with Crippen molar-refractivity contribution in [2.24, 2.45) is 5.73 Å². The molecule has 2 rings (SSSR count). The van der Waals surface area contributed by atoms with Crippen LogP contribution in [-0.4, -0.2) is 11.7 Å². The highest BCUT2D eigenvalue weighted by atomic mass is 19.4. The lowest BCUT2D eigenvalue weighted by Gasteiger charge is -2.07. The van der Waals surface area contributed by atoms with E-state index in [1.165, 1.54) is 18.3 Å². The summed E-state index contributed by atoms with van der Waals surface area (Å²) in [5, 5.41) is 3.68. The Hall–Kier alpha value is -1.82. The highest BCUT2D eigenvalue weighted by Crippen LogP contribution is 2.31. The number of benzene rings is 1. The summed E-state index contributed by atoms with van der Waals surface area (Å²) in [5.41, 5.74) is 6.11. The molecule has 1 heterocycles. The molecule has 0 radical (unpaired) electrons. The van der Waals surface area contributed by atoms with Gasteiger partial charge in [0, 0.05) is 12.0 Å². The van der Waals surface area contributed by atoms with Gasteiger partial charge < -0.3 is 10.3 Å². The van der Waals surface area contributed by atoms with Gasteiger partial charge in [-0.05, 0) is 30.7 Å². The van der Waals surface area contributed by atoms with E-state index in [1.54, 1.807) is 0 Å². The number of alkyl halides is 3. The van der Waals surface area contributed by atoms with E-state index in [-0.39, 0.29) is 0 Å². The van der Waals surface area contributed by atoms with Crippen LogP contribution in [0.5, 0.6) is 0 Å². The molecule has 3 nitrogen and oxygen atoms in total. The third-order valence-electron chi connectivity index (χ3n) is 2.78. The van der Waals surface area contributed by atoms with Gasteiger partial charge in [0.2, 0.25) is 0 Å². The van der Waals surface area contributed by atoms with Crippen molar-refractivity contribution in [2.45, 2.75) is 19.0 Å². The van der Waals surface area contributed by atoms with E-state index in [0.29, 0.717) is 29.9 Å². The minimum atomic E-state index is -4.32. The lowest BCUT2D eigenvalue weighted by atomic mass is 10.0. The van der Waals surface area contributed by atoms with Gasteiger partial charge in [0.1, 0.15) is 5.76 Å². The maximum atomic E-state index is 12.5. The molecule has 0 aliphatic carbocycles. The van der Waals surface area contributed by atoms with Gasteiger partial charge in [-0.15, -0.1) is 0 Å². The van der Waals surface area contributed by atoms with Crippen molar-refractivity contribution in [3.05, 3.63) is 41.8 Å². The Morgan fingerprint density at radius 1 is 1.16 bits per heavy atom. The molecule has 0 aliphatic rings. The molecule has 0 aliphatic heterocycles. The smallest absolute Gasteiger partial charge is 0.361 e. The van der Waals surface area contributed by atoms with Crippen molar-refractivity contribution in [1.82, 2.24) is 5.16 Å². The third kappa shape index (κ3) is 3.14. The van der Waals surface area contributed by atoms with Crippen molar-refractivity contribution in [1.29, 1.82) is 0 Å². The van der Waals surface area contributed by atoms with Crippen molar-refractivity contribution in [2.75, 3.05) is 6.54 Å². The van der Waals surface area contributed by atoms with Crippen molar-refractivity contribution in [3.63, 3.8) is 0 Å². The van der Waals surface area contributed by atoms with E-state index in [9.17, 15) is 13.2 Å². The zero-order valence-electron chi connectivity index (χ0n) is 10.1. The Morgan fingerprint density at radius 2 is 1.84 bits per heavy atom. The highest BCUT2D eigenvalue weighted by molar-refractivity contribution is 5.64. The Bertz CT molecular complexity index is 532. The normalized spacial score (nSPS) is 11.8. The summed E-state index contributed by atoms with van der Waals surface area (Å²) >= 11 is 0. The van der Waals surface area contributed by atoms with Gasteiger partial charge in [0.15, 0.2) is 0 Å². The maximum Gasteiger partial charge on any atom is 0.416 e. The molecule has 2 aromatic rings. The quantitative estimate of drug-likeness (QED) is 0.927. The van der Waals surface area contributed by atoms with Crippen LogP contribution in [0.3, 0.4) is 0 Å². The largest absolute Gasteiger partial charge is 0.416 e. The fourth-order valence-electron chi connectivity index (χ4n) is 1.78. The number of hydrogen-bond acceptors (Lipinski definition) is 3. The molecule has 102 valence electrons. The minimum Gasteiger partial charge on any atom is -0.361 e. The molecule has 0 atom stereocenters. The number of halogens is 3. The van der Waals surface area contributed by atoms with Gasteiger partial charge in [-0.3, -0.25) is 0 Å². The van der Waals surface area contributed by atoms with E-state index in [2.05, 4.69) is 5.16 Å². The summed E-state index contributed by atoms with van der Waals surface area (Å²) < 4.78 is 42.5. The van der Waals surface area contributed by atoms with Crippen LogP contribution in [0.15, 0.2) is 35.0 Å². The third-order valence-corrected chi connectivity index (χ3v) is 2.78. The lowest BCUT2D eigenvalue weighted by Crippen LogP contribution is -2.04. The van der Waals surface area contributed by atoms with Gasteiger partial charge in [-0.1, -0.05) is 17.3 Å². The predicted molar refractivity (Wildman–Crippen MR) is 64.3 cm³/mol. The van der Waals surface area contributed by atoms with E-state index in [0.717, 1.165) is 18.6 Å². The monoisotopic (exact) mass is 270 g/mol. The number of nitrogens with two attached hydrogens (primary N) is 1. The molecular weight excluding hydrogens is 257 g/mol. The van der Waals surface area contributed by atoms with Crippen LogP contribution in [-0.2, 0) is 12.6 Å². The van der Waals surface area contributed by atoms with Crippen LogP contribution in [0.2, 0.25) is 0 Å². The second kappa shape index (κ2) is 5.44. The first-order valence-corrected chi connectivity index (χ1v) is 5.83. The molecule has 6 heteroatoms. The summed E-state index contributed by atoms with van der Waals surface area (Å²) in [4.78, 5) is 0. The minimum absolute atomic E-state index is 0.521. The predicted octanol–water partition coefficient (Wildman–Crippen LogP) is 3.25. The van der Waals surface area contributed by atoms with Gasteiger partial charge in [-0.2, -0.15) is 13.2 Å². The Kier molecular flexibility index (Phi) is 3.90. The summed E-state index contributed by atoms with van der Waals surface area (Å²) in [6, 6.07) is 4.94. The van der Waals surface area contributed by atoms with Crippen LogP contribution in [0.1, 0.15) is 17.7 Å². The van der Waals surface area contributed by atoms with Gasteiger partial charge in [0.25, 0.3) is 0 Å². The summed E-state index contributed by atoms with van der Waals surface area (Å²) in [6.07, 6.45) is -1.46. The van der Waals surface area contributed by atoms with Gasteiger partial charge in [-0.25, -0.2) is 0 Å². The molecule has 0 unspecified atom stereocenters. The first-order valence-electron chi connectivity index (χ1n) is 5.83. The second-order valence-electron chi connectivity index (χ2n) is 4.13. The molecule has 19 heavy (non-hydrogen) atoms. The summed E-state index contributed by atoms with van der Waals surface area (Å²) in [6.45, 7) is 0.521. The number of aryl methyl sites for hydroxylation is 1.